The Morgan fingerprint density at radius 2 is 1.06 bits per heavy atom. The third-order valence-electron chi connectivity index (χ3n) is 7.83. The van der Waals surface area contributed by atoms with Crippen LogP contribution in [-0.2, 0) is 20.1 Å². The average molecular weight is 589 g/mol. The molecule has 0 saturated heterocycles. The van der Waals surface area contributed by atoms with Gasteiger partial charge in [-0.05, 0) is 0 Å². The fourth-order valence-electron chi connectivity index (χ4n) is 6.18. The van der Waals surface area contributed by atoms with E-state index in [1.54, 1.807) is 33.4 Å². The van der Waals surface area contributed by atoms with E-state index in [4.69, 9.17) is 0 Å². The van der Waals surface area contributed by atoms with E-state index in [2.05, 4.69) is 78.0 Å². The second-order valence-corrected chi connectivity index (χ2v) is 25.9. The molecule has 1 fully saturated rings. The van der Waals surface area contributed by atoms with Crippen LogP contribution in [-0.4, -0.2) is 11.0 Å². The van der Waals surface area contributed by atoms with Gasteiger partial charge in [0.05, 0.1) is 0 Å². The van der Waals surface area contributed by atoms with Crippen LogP contribution in [0.1, 0.15) is 91.4 Å². The molecule has 0 spiro atoms. The summed E-state index contributed by atoms with van der Waals surface area (Å²) in [5.74, 6) is 1.18. The van der Waals surface area contributed by atoms with Crippen LogP contribution in [0.4, 0.5) is 0 Å². The molecule has 3 aliphatic carbocycles. The Hall–Kier alpha value is -1.12. The third kappa shape index (κ3) is 3.62. The average Bonchev–Trinajstić information content (AvgIpc) is 3.44. The maximum atomic E-state index is 2.56. The van der Waals surface area contributed by atoms with Crippen molar-refractivity contribution in [2.75, 3.05) is 0 Å². The van der Waals surface area contributed by atoms with Gasteiger partial charge >= 0.3 is 198 Å². The van der Waals surface area contributed by atoms with Crippen molar-refractivity contribution in [3.05, 3.63) is 79.9 Å². The molecule has 3 aliphatic rings. The van der Waals surface area contributed by atoms with Gasteiger partial charge < -0.3 is 0 Å². The van der Waals surface area contributed by atoms with Crippen molar-refractivity contribution in [1.82, 2.24) is 0 Å². The van der Waals surface area contributed by atoms with Gasteiger partial charge in [-0.15, -0.1) is 0 Å². The standard InChI is InChI=1S/2C12H13.C5H8Si.Hf/c2*1-8-6-11-9(2)4-5-10(3)12(11)7-8;6-5-3-1-2-4-5;/h2*4-7H,1-3H3;1-4H2;. The first-order valence-electron chi connectivity index (χ1n) is 11.9. The molecule has 0 N–H and O–H groups in total. The summed E-state index contributed by atoms with van der Waals surface area (Å²) in [5, 5.41) is 1.94. The number of allylic oxidation sites excluding steroid dienone is 2. The first-order valence-corrected chi connectivity index (χ1v) is 22.5. The molecule has 0 nitrogen and oxygen atoms in total. The molecule has 0 aromatic heterocycles. The van der Waals surface area contributed by atoms with Crippen molar-refractivity contribution < 1.29 is 20.1 Å². The molecule has 2 unspecified atom stereocenters. The molecule has 0 aliphatic heterocycles. The van der Waals surface area contributed by atoms with Crippen LogP contribution in [0.15, 0.2) is 35.4 Å². The monoisotopic (exact) mass is 590 g/mol. The van der Waals surface area contributed by atoms with Gasteiger partial charge in [0.2, 0.25) is 0 Å². The molecule has 1 saturated carbocycles. The molecule has 5 rings (SSSR count). The van der Waals surface area contributed by atoms with E-state index in [-0.39, 0.29) is 0 Å². The van der Waals surface area contributed by atoms with Gasteiger partial charge in [-0.2, -0.15) is 0 Å². The minimum absolute atomic E-state index is 0.755. The number of hydrogen-bond donors (Lipinski definition) is 0. The fourth-order valence-corrected chi connectivity index (χ4v) is 34.1. The normalized spacial score (nSPS) is 21.5. The second kappa shape index (κ2) is 8.34. The van der Waals surface area contributed by atoms with Crippen molar-refractivity contribution in [2.45, 2.75) is 74.6 Å². The number of hydrogen-bond acceptors (Lipinski definition) is 0. The first kappa shape index (κ1) is 21.7. The Balaban J connectivity index is 1.79. The van der Waals surface area contributed by atoms with Crippen molar-refractivity contribution in [3.8, 4) is 0 Å². The molecule has 158 valence electrons. The van der Waals surface area contributed by atoms with Gasteiger partial charge in [-0.25, -0.2) is 0 Å². The summed E-state index contributed by atoms with van der Waals surface area (Å²) in [6.45, 7) is 14.3. The summed E-state index contributed by atoms with van der Waals surface area (Å²) in [5.41, 5.74) is 15.9. The van der Waals surface area contributed by atoms with E-state index in [0.29, 0.717) is 0 Å². The van der Waals surface area contributed by atoms with Crippen LogP contribution in [0.5, 0.6) is 0 Å². The summed E-state index contributed by atoms with van der Waals surface area (Å²) in [4.78, 5) is 0. The van der Waals surface area contributed by atoms with Crippen molar-refractivity contribution in [1.29, 1.82) is 0 Å². The summed E-state index contributed by atoms with van der Waals surface area (Å²) < 4.78 is 1.51. The predicted molar refractivity (Wildman–Crippen MR) is 134 cm³/mol. The quantitative estimate of drug-likeness (QED) is 0.318. The molecule has 0 radical (unpaired) electrons. The molecular formula is C29H34HfSi. The zero-order valence-corrected chi connectivity index (χ0v) is 24.5. The molecule has 2 heteroatoms. The van der Waals surface area contributed by atoms with Crippen molar-refractivity contribution in [2.24, 2.45) is 0 Å². The predicted octanol–water partition coefficient (Wildman–Crippen LogP) is 7.52. The summed E-state index contributed by atoms with van der Waals surface area (Å²) in [7, 11) is 0. The third-order valence-corrected chi connectivity index (χ3v) is 30.4. The van der Waals surface area contributed by atoms with E-state index in [1.807, 2.05) is 5.17 Å². The molecule has 2 aromatic carbocycles. The van der Waals surface area contributed by atoms with Gasteiger partial charge in [0, 0.05) is 0 Å². The Morgan fingerprint density at radius 1 is 0.645 bits per heavy atom. The van der Waals surface area contributed by atoms with Crippen LogP contribution in [0, 0.1) is 27.7 Å². The SMILES string of the molecule is CC1=Cc2c(C)ccc(C)c2[CH]1[Hf](=[Si]=C1CCCC1)[CH]1C(C)=Cc2c(C)ccc(C)c21. The van der Waals surface area contributed by atoms with Gasteiger partial charge in [-0.1, -0.05) is 0 Å². The van der Waals surface area contributed by atoms with Gasteiger partial charge in [0.25, 0.3) is 0 Å². The second-order valence-electron chi connectivity index (χ2n) is 10.1. The Bertz CT molecular complexity index is 1140. The Morgan fingerprint density at radius 3 is 1.52 bits per heavy atom. The van der Waals surface area contributed by atoms with E-state index < -0.39 is 20.1 Å². The van der Waals surface area contributed by atoms with Gasteiger partial charge in [0.1, 0.15) is 0 Å². The topological polar surface area (TPSA) is 0 Å². The van der Waals surface area contributed by atoms with Crippen LogP contribution >= 0.6 is 0 Å². The zero-order valence-electron chi connectivity index (χ0n) is 19.9. The summed E-state index contributed by atoms with van der Waals surface area (Å²) in [6, 6.07) is 9.46. The number of rotatable bonds is 2. The molecule has 31 heavy (non-hydrogen) atoms. The summed E-state index contributed by atoms with van der Waals surface area (Å²) >= 11 is -2.22. The van der Waals surface area contributed by atoms with Crippen LogP contribution in [0.3, 0.4) is 0 Å². The molecule has 2 atom stereocenters. The number of fused-ring (bicyclic) bond motifs is 2. The van der Waals surface area contributed by atoms with E-state index in [0.717, 1.165) is 7.35 Å². The molecule has 2 aromatic rings. The summed E-state index contributed by atoms with van der Waals surface area (Å²) in [6.07, 6.45) is 10.8. The number of benzene rings is 2. The molecule has 0 heterocycles. The molecule has 0 bridgehead atoms. The van der Waals surface area contributed by atoms with Gasteiger partial charge in [0.15, 0.2) is 0 Å². The maximum absolute atomic E-state index is 2.56. The van der Waals surface area contributed by atoms with Gasteiger partial charge in [-0.3, -0.25) is 0 Å². The molecule has 0 amide bonds. The van der Waals surface area contributed by atoms with E-state index >= 15 is 0 Å². The van der Waals surface area contributed by atoms with Crippen molar-refractivity contribution in [3.63, 3.8) is 0 Å². The minimum atomic E-state index is -2.22. The Kier molecular flexibility index (Phi) is 5.84. The van der Waals surface area contributed by atoms with Crippen molar-refractivity contribution >= 4 is 23.2 Å². The zero-order chi connectivity index (χ0) is 21.9. The first-order chi connectivity index (χ1) is 14.9. The van der Waals surface area contributed by atoms with E-state index in [1.165, 1.54) is 53.8 Å². The van der Waals surface area contributed by atoms with Crippen LogP contribution in [0.2, 0.25) is 0 Å². The number of aryl methyl sites for hydroxylation is 4. The molecular weight excluding hydrogens is 555 g/mol. The van der Waals surface area contributed by atoms with Crippen LogP contribution < -0.4 is 0 Å². The Labute approximate surface area is 196 Å². The van der Waals surface area contributed by atoms with Crippen LogP contribution in [0.25, 0.3) is 12.2 Å². The van der Waals surface area contributed by atoms with E-state index in [9.17, 15) is 0 Å². The fraction of sp³-hybridized carbons (Fsp3) is 0.414.